The molecular formula is C11H15NO. The van der Waals surface area contributed by atoms with Gasteiger partial charge in [-0.2, -0.15) is 0 Å². The molecule has 0 amide bonds. The highest BCUT2D eigenvalue weighted by atomic mass is 16.5. The zero-order valence-corrected chi connectivity index (χ0v) is 7.65. The zero-order valence-electron chi connectivity index (χ0n) is 7.65. The van der Waals surface area contributed by atoms with Gasteiger partial charge in [0.1, 0.15) is 0 Å². The SMILES string of the molecule is NC1CCC1OCc1ccccc1. The van der Waals surface area contributed by atoms with Crippen molar-refractivity contribution in [1.29, 1.82) is 0 Å². The molecule has 1 aliphatic rings. The highest BCUT2D eigenvalue weighted by Gasteiger charge is 2.27. The minimum atomic E-state index is 0.267. The van der Waals surface area contributed by atoms with Crippen LogP contribution in [0.1, 0.15) is 18.4 Å². The minimum absolute atomic E-state index is 0.267. The molecule has 0 heterocycles. The average molecular weight is 177 g/mol. The van der Waals surface area contributed by atoms with E-state index in [2.05, 4.69) is 12.1 Å². The Morgan fingerprint density at radius 3 is 2.54 bits per heavy atom. The maximum absolute atomic E-state index is 5.76. The van der Waals surface area contributed by atoms with Crippen molar-refractivity contribution in [2.45, 2.75) is 31.6 Å². The van der Waals surface area contributed by atoms with Crippen molar-refractivity contribution in [2.75, 3.05) is 0 Å². The molecule has 1 aromatic carbocycles. The van der Waals surface area contributed by atoms with Gasteiger partial charge >= 0.3 is 0 Å². The molecule has 2 heteroatoms. The summed E-state index contributed by atoms with van der Waals surface area (Å²) in [5.41, 5.74) is 6.99. The first-order chi connectivity index (χ1) is 6.36. The topological polar surface area (TPSA) is 35.2 Å². The second-order valence-corrected chi connectivity index (χ2v) is 3.58. The number of hydrogen-bond acceptors (Lipinski definition) is 2. The Kier molecular flexibility index (Phi) is 2.62. The van der Waals surface area contributed by atoms with Gasteiger partial charge < -0.3 is 10.5 Å². The number of benzene rings is 1. The molecule has 2 atom stereocenters. The van der Waals surface area contributed by atoms with Gasteiger partial charge in [0.05, 0.1) is 12.7 Å². The number of rotatable bonds is 3. The van der Waals surface area contributed by atoms with Crippen LogP contribution in [0.15, 0.2) is 30.3 Å². The quantitative estimate of drug-likeness (QED) is 0.762. The van der Waals surface area contributed by atoms with Crippen molar-refractivity contribution in [3.8, 4) is 0 Å². The Labute approximate surface area is 78.7 Å². The first kappa shape index (κ1) is 8.73. The van der Waals surface area contributed by atoms with Crippen LogP contribution < -0.4 is 5.73 Å². The van der Waals surface area contributed by atoms with E-state index in [0.717, 1.165) is 12.8 Å². The fraction of sp³-hybridized carbons (Fsp3) is 0.455. The van der Waals surface area contributed by atoms with E-state index in [0.29, 0.717) is 12.7 Å². The Morgan fingerprint density at radius 1 is 1.23 bits per heavy atom. The molecule has 0 aromatic heterocycles. The molecule has 2 unspecified atom stereocenters. The van der Waals surface area contributed by atoms with Gasteiger partial charge in [-0.25, -0.2) is 0 Å². The van der Waals surface area contributed by atoms with Crippen molar-refractivity contribution in [1.82, 2.24) is 0 Å². The molecule has 1 fully saturated rings. The van der Waals surface area contributed by atoms with E-state index in [-0.39, 0.29) is 6.04 Å². The van der Waals surface area contributed by atoms with Crippen LogP contribution in [-0.2, 0) is 11.3 Å². The third kappa shape index (κ3) is 2.08. The van der Waals surface area contributed by atoms with Crippen molar-refractivity contribution < 1.29 is 4.74 Å². The average Bonchev–Trinajstić information content (AvgIpc) is 2.17. The van der Waals surface area contributed by atoms with Crippen molar-refractivity contribution in [3.05, 3.63) is 35.9 Å². The Hall–Kier alpha value is -0.860. The molecule has 2 rings (SSSR count). The normalized spacial score (nSPS) is 26.8. The number of nitrogens with two attached hydrogens (primary N) is 1. The number of hydrogen-bond donors (Lipinski definition) is 1. The first-order valence-electron chi connectivity index (χ1n) is 4.77. The van der Waals surface area contributed by atoms with Crippen LogP contribution in [-0.4, -0.2) is 12.1 Å². The molecule has 0 aliphatic heterocycles. The van der Waals surface area contributed by atoms with Gasteiger partial charge in [-0.3, -0.25) is 0 Å². The molecule has 0 radical (unpaired) electrons. The summed E-state index contributed by atoms with van der Waals surface area (Å²) >= 11 is 0. The van der Waals surface area contributed by atoms with Gasteiger partial charge in [0, 0.05) is 6.04 Å². The molecule has 1 aliphatic carbocycles. The summed E-state index contributed by atoms with van der Waals surface area (Å²) in [5, 5.41) is 0. The molecule has 13 heavy (non-hydrogen) atoms. The third-order valence-corrected chi connectivity index (χ3v) is 2.57. The Morgan fingerprint density at radius 2 is 2.00 bits per heavy atom. The molecule has 1 saturated carbocycles. The molecule has 0 saturated heterocycles. The summed E-state index contributed by atoms with van der Waals surface area (Å²) in [5.74, 6) is 0. The van der Waals surface area contributed by atoms with E-state index in [1.807, 2.05) is 18.2 Å². The third-order valence-electron chi connectivity index (χ3n) is 2.57. The maximum atomic E-state index is 5.76. The lowest BCUT2D eigenvalue weighted by atomic mass is 9.90. The highest BCUT2D eigenvalue weighted by molar-refractivity contribution is 5.13. The van der Waals surface area contributed by atoms with Gasteiger partial charge in [-0.1, -0.05) is 30.3 Å². The van der Waals surface area contributed by atoms with Gasteiger partial charge in [0.2, 0.25) is 0 Å². The van der Waals surface area contributed by atoms with Crippen LogP contribution in [0, 0.1) is 0 Å². The summed E-state index contributed by atoms with van der Waals surface area (Å²) in [6.07, 6.45) is 2.52. The predicted octanol–water partition coefficient (Wildman–Crippen LogP) is 1.69. The summed E-state index contributed by atoms with van der Waals surface area (Å²) < 4.78 is 5.65. The molecule has 0 bridgehead atoms. The lowest BCUT2D eigenvalue weighted by molar-refractivity contribution is -0.0245. The van der Waals surface area contributed by atoms with Crippen molar-refractivity contribution in [3.63, 3.8) is 0 Å². The summed E-state index contributed by atoms with van der Waals surface area (Å²) in [6.45, 7) is 0.694. The molecule has 2 N–H and O–H groups in total. The summed E-state index contributed by atoms with van der Waals surface area (Å²) in [7, 11) is 0. The van der Waals surface area contributed by atoms with E-state index in [9.17, 15) is 0 Å². The van der Waals surface area contributed by atoms with Gasteiger partial charge in [0.15, 0.2) is 0 Å². The van der Waals surface area contributed by atoms with Crippen molar-refractivity contribution >= 4 is 0 Å². The van der Waals surface area contributed by atoms with E-state index in [4.69, 9.17) is 10.5 Å². The Balaban J connectivity index is 1.80. The smallest absolute Gasteiger partial charge is 0.0731 e. The van der Waals surface area contributed by atoms with E-state index >= 15 is 0 Å². The van der Waals surface area contributed by atoms with Crippen LogP contribution in [0.4, 0.5) is 0 Å². The van der Waals surface area contributed by atoms with Crippen LogP contribution in [0.5, 0.6) is 0 Å². The lowest BCUT2D eigenvalue weighted by Gasteiger charge is -2.33. The molecule has 1 aromatic rings. The van der Waals surface area contributed by atoms with Crippen LogP contribution >= 0.6 is 0 Å². The first-order valence-corrected chi connectivity index (χ1v) is 4.77. The van der Waals surface area contributed by atoms with E-state index in [1.54, 1.807) is 0 Å². The van der Waals surface area contributed by atoms with Gasteiger partial charge in [-0.15, -0.1) is 0 Å². The minimum Gasteiger partial charge on any atom is -0.372 e. The maximum Gasteiger partial charge on any atom is 0.0731 e. The second kappa shape index (κ2) is 3.90. The largest absolute Gasteiger partial charge is 0.372 e. The monoisotopic (exact) mass is 177 g/mol. The fourth-order valence-electron chi connectivity index (χ4n) is 1.48. The van der Waals surface area contributed by atoms with E-state index in [1.165, 1.54) is 5.56 Å². The standard InChI is InChI=1S/C11H15NO/c12-10-6-7-11(10)13-8-9-4-2-1-3-5-9/h1-5,10-11H,6-8,12H2. The van der Waals surface area contributed by atoms with Gasteiger partial charge in [0.25, 0.3) is 0 Å². The molecular weight excluding hydrogens is 162 g/mol. The second-order valence-electron chi connectivity index (χ2n) is 3.58. The summed E-state index contributed by atoms with van der Waals surface area (Å²) in [6, 6.07) is 10.5. The predicted molar refractivity (Wildman–Crippen MR) is 52.2 cm³/mol. The zero-order chi connectivity index (χ0) is 9.10. The van der Waals surface area contributed by atoms with Gasteiger partial charge in [-0.05, 0) is 18.4 Å². The fourth-order valence-corrected chi connectivity index (χ4v) is 1.48. The molecule has 0 spiro atoms. The Bertz CT molecular complexity index is 260. The number of ether oxygens (including phenoxy) is 1. The summed E-state index contributed by atoms with van der Waals surface area (Å²) in [4.78, 5) is 0. The van der Waals surface area contributed by atoms with Crippen LogP contribution in [0.25, 0.3) is 0 Å². The van der Waals surface area contributed by atoms with Crippen LogP contribution in [0.2, 0.25) is 0 Å². The molecule has 2 nitrogen and oxygen atoms in total. The van der Waals surface area contributed by atoms with E-state index < -0.39 is 0 Å². The highest BCUT2D eigenvalue weighted by Crippen LogP contribution is 2.22. The van der Waals surface area contributed by atoms with Crippen molar-refractivity contribution in [2.24, 2.45) is 5.73 Å². The molecule has 70 valence electrons. The lowest BCUT2D eigenvalue weighted by Crippen LogP contribution is -2.45. The van der Waals surface area contributed by atoms with Crippen LogP contribution in [0.3, 0.4) is 0 Å².